The van der Waals surface area contributed by atoms with Crippen molar-refractivity contribution in [3.05, 3.63) is 59.5 Å². The smallest absolute Gasteiger partial charge is 0.282 e. The number of rotatable bonds is 6. The molecule has 4 rings (SSSR count). The van der Waals surface area contributed by atoms with E-state index < -0.39 is 12.3 Å². The second kappa shape index (κ2) is 7.23. The molecule has 9 heteroatoms. The fourth-order valence-corrected chi connectivity index (χ4v) is 3.02. The lowest BCUT2D eigenvalue weighted by Gasteiger charge is -2.11. The zero-order chi connectivity index (χ0) is 19.7. The topological polar surface area (TPSA) is 88.5 Å². The lowest BCUT2D eigenvalue weighted by atomic mass is 10.2. The summed E-state index contributed by atoms with van der Waals surface area (Å²) in [5.74, 6) is -0.0785. The van der Waals surface area contributed by atoms with Gasteiger partial charge in [0.2, 0.25) is 5.91 Å². The van der Waals surface area contributed by atoms with Gasteiger partial charge in [-0.3, -0.25) is 9.48 Å². The van der Waals surface area contributed by atoms with Gasteiger partial charge in [0.1, 0.15) is 23.9 Å². The first-order valence-corrected chi connectivity index (χ1v) is 8.76. The summed E-state index contributed by atoms with van der Waals surface area (Å²) in [5.41, 5.74) is 1.19. The Balaban J connectivity index is 1.58. The monoisotopic (exact) mass is 382 g/mol. The van der Waals surface area contributed by atoms with E-state index in [0.29, 0.717) is 11.4 Å². The summed E-state index contributed by atoms with van der Waals surface area (Å²) >= 11 is 0. The van der Waals surface area contributed by atoms with Crippen LogP contribution in [0, 0.1) is 11.3 Å². The zero-order valence-corrected chi connectivity index (χ0v) is 14.7. The number of amides is 1. The van der Waals surface area contributed by atoms with Gasteiger partial charge in [0.15, 0.2) is 5.82 Å². The van der Waals surface area contributed by atoms with Crippen molar-refractivity contribution in [2.45, 2.75) is 31.7 Å². The average molecular weight is 382 g/mol. The molecule has 0 aliphatic heterocycles. The maximum atomic E-state index is 13.0. The molecule has 142 valence electrons. The van der Waals surface area contributed by atoms with Crippen molar-refractivity contribution in [2.24, 2.45) is 0 Å². The fourth-order valence-electron chi connectivity index (χ4n) is 3.02. The Labute approximate surface area is 159 Å². The molecule has 0 bridgehead atoms. The molecule has 7 nitrogen and oxygen atoms in total. The second-order valence-corrected chi connectivity index (χ2v) is 6.54. The minimum atomic E-state index is -2.69. The van der Waals surface area contributed by atoms with Gasteiger partial charge in [-0.15, -0.1) is 0 Å². The van der Waals surface area contributed by atoms with E-state index in [2.05, 4.69) is 15.5 Å². The highest BCUT2D eigenvalue weighted by Crippen LogP contribution is 2.41. The van der Waals surface area contributed by atoms with Crippen molar-refractivity contribution in [3.63, 3.8) is 0 Å². The zero-order valence-electron chi connectivity index (χ0n) is 14.7. The van der Waals surface area contributed by atoms with Crippen LogP contribution in [0.4, 0.5) is 14.6 Å². The van der Waals surface area contributed by atoms with Crippen LogP contribution in [-0.4, -0.2) is 25.5 Å². The number of hydrogen-bond acceptors (Lipinski definition) is 4. The Morgan fingerprint density at radius 1 is 1.32 bits per heavy atom. The van der Waals surface area contributed by atoms with E-state index in [1.807, 2.05) is 24.3 Å². The minimum absolute atomic E-state index is 0.164. The number of aromatic nitrogens is 4. The molecular formula is C19H16F2N6O. The molecule has 0 saturated heterocycles. The summed E-state index contributed by atoms with van der Waals surface area (Å²) in [6.07, 6.45) is 0.470. The van der Waals surface area contributed by atoms with E-state index in [4.69, 9.17) is 0 Å². The van der Waals surface area contributed by atoms with Crippen molar-refractivity contribution in [1.82, 2.24) is 19.6 Å². The number of halogens is 2. The quantitative estimate of drug-likeness (QED) is 0.708. The van der Waals surface area contributed by atoms with Gasteiger partial charge in [-0.2, -0.15) is 15.5 Å². The number of nitrogens with zero attached hydrogens (tertiary/aromatic N) is 5. The van der Waals surface area contributed by atoms with Crippen LogP contribution in [0.2, 0.25) is 0 Å². The summed E-state index contributed by atoms with van der Waals surface area (Å²) < 4.78 is 28.8. The summed E-state index contributed by atoms with van der Waals surface area (Å²) in [6, 6.07) is 12.4. The van der Waals surface area contributed by atoms with Crippen LogP contribution in [0.25, 0.3) is 5.69 Å². The maximum Gasteiger partial charge on any atom is 0.282 e. The third-order valence-corrected chi connectivity index (χ3v) is 4.49. The second-order valence-electron chi connectivity index (χ2n) is 6.54. The molecule has 0 unspecified atom stereocenters. The Bertz CT molecular complexity index is 1050. The number of carbonyl (C=O) groups excluding carboxylic acids is 1. The molecule has 1 amide bonds. The third-order valence-electron chi connectivity index (χ3n) is 4.49. The molecule has 2 heterocycles. The lowest BCUT2D eigenvalue weighted by Crippen LogP contribution is -2.23. The van der Waals surface area contributed by atoms with Gasteiger partial charge in [0.05, 0.1) is 11.9 Å². The van der Waals surface area contributed by atoms with E-state index in [1.165, 1.54) is 21.6 Å². The van der Waals surface area contributed by atoms with Crippen LogP contribution in [0.5, 0.6) is 0 Å². The first-order chi connectivity index (χ1) is 13.6. The van der Waals surface area contributed by atoms with Gasteiger partial charge in [-0.1, -0.05) is 18.2 Å². The summed E-state index contributed by atoms with van der Waals surface area (Å²) in [6.45, 7) is -0.219. The Morgan fingerprint density at radius 3 is 2.71 bits per heavy atom. The molecule has 1 aliphatic rings. The Kier molecular flexibility index (Phi) is 4.61. The molecular weight excluding hydrogens is 366 g/mol. The van der Waals surface area contributed by atoms with Crippen molar-refractivity contribution in [3.8, 4) is 11.8 Å². The van der Waals surface area contributed by atoms with Crippen LogP contribution < -0.4 is 5.32 Å². The number of hydrogen-bond donors (Lipinski definition) is 1. The van der Waals surface area contributed by atoms with Crippen molar-refractivity contribution >= 4 is 11.7 Å². The van der Waals surface area contributed by atoms with Crippen LogP contribution in [0.15, 0.2) is 42.6 Å². The summed E-state index contributed by atoms with van der Waals surface area (Å²) in [5, 5.41) is 20.0. The SMILES string of the molecule is N#Cc1cnn(-c2ccccc2)c1NC(=O)Cn1nc(C(F)F)cc1C1CC1. The van der Waals surface area contributed by atoms with Crippen molar-refractivity contribution in [2.75, 3.05) is 5.32 Å². The molecule has 0 atom stereocenters. The third kappa shape index (κ3) is 3.49. The van der Waals surface area contributed by atoms with Crippen LogP contribution >= 0.6 is 0 Å². The van der Waals surface area contributed by atoms with E-state index in [1.54, 1.807) is 12.1 Å². The number of anilines is 1. The Morgan fingerprint density at radius 2 is 2.07 bits per heavy atom. The normalized spacial score (nSPS) is 13.5. The number of nitriles is 1. The predicted molar refractivity (Wildman–Crippen MR) is 96.1 cm³/mol. The number of carbonyl (C=O) groups is 1. The van der Waals surface area contributed by atoms with Gasteiger partial charge in [0, 0.05) is 11.6 Å². The summed E-state index contributed by atoms with van der Waals surface area (Å²) in [7, 11) is 0. The van der Waals surface area contributed by atoms with E-state index >= 15 is 0 Å². The van der Waals surface area contributed by atoms with Crippen molar-refractivity contribution in [1.29, 1.82) is 5.26 Å². The first-order valence-electron chi connectivity index (χ1n) is 8.76. The molecule has 1 N–H and O–H groups in total. The van der Waals surface area contributed by atoms with E-state index in [9.17, 15) is 18.8 Å². The molecule has 1 aliphatic carbocycles. The number of nitrogens with one attached hydrogen (secondary N) is 1. The summed E-state index contributed by atoms with van der Waals surface area (Å²) in [4.78, 5) is 12.6. The van der Waals surface area contributed by atoms with Gasteiger partial charge in [-0.05, 0) is 31.0 Å². The van der Waals surface area contributed by atoms with E-state index in [0.717, 1.165) is 12.8 Å². The predicted octanol–water partition coefficient (Wildman–Crippen LogP) is 3.39. The molecule has 0 spiro atoms. The molecule has 3 aromatic rings. The minimum Gasteiger partial charge on any atom is -0.308 e. The molecule has 2 aromatic heterocycles. The maximum absolute atomic E-state index is 13.0. The molecule has 1 fully saturated rings. The highest BCUT2D eigenvalue weighted by atomic mass is 19.3. The molecule has 0 radical (unpaired) electrons. The lowest BCUT2D eigenvalue weighted by molar-refractivity contribution is -0.117. The van der Waals surface area contributed by atoms with E-state index in [-0.39, 0.29) is 29.5 Å². The van der Waals surface area contributed by atoms with Gasteiger partial charge in [0.25, 0.3) is 6.43 Å². The Hall–Kier alpha value is -3.54. The van der Waals surface area contributed by atoms with Gasteiger partial charge in [-0.25, -0.2) is 13.5 Å². The van der Waals surface area contributed by atoms with Gasteiger partial charge >= 0.3 is 0 Å². The van der Waals surface area contributed by atoms with Gasteiger partial charge < -0.3 is 5.32 Å². The first kappa shape index (κ1) is 17.9. The van der Waals surface area contributed by atoms with Crippen LogP contribution in [-0.2, 0) is 11.3 Å². The molecule has 28 heavy (non-hydrogen) atoms. The number of alkyl halides is 2. The number of benzene rings is 1. The largest absolute Gasteiger partial charge is 0.308 e. The molecule has 1 aromatic carbocycles. The van der Waals surface area contributed by atoms with Crippen LogP contribution in [0.3, 0.4) is 0 Å². The molecule has 1 saturated carbocycles. The highest BCUT2D eigenvalue weighted by Gasteiger charge is 2.30. The highest BCUT2D eigenvalue weighted by molar-refractivity contribution is 5.91. The number of para-hydroxylation sites is 1. The van der Waals surface area contributed by atoms with Crippen molar-refractivity contribution < 1.29 is 13.6 Å². The van der Waals surface area contributed by atoms with Crippen LogP contribution in [0.1, 0.15) is 42.1 Å². The standard InChI is InChI=1S/C19H16F2N6O/c20-18(21)15-8-16(12-6-7-12)26(25-15)11-17(28)24-19-13(9-22)10-23-27(19)14-4-2-1-3-5-14/h1-5,8,10,12,18H,6-7,11H2,(H,24,28). The fraction of sp³-hybridized carbons (Fsp3) is 0.263. The average Bonchev–Trinajstić information content (AvgIpc) is 3.32.